The highest BCUT2D eigenvalue weighted by molar-refractivity contribution is 6.22. The van der Waals surface area contributed by atoms with E-state index in [2.05, 4.69) is 0 Å². The van der Waals surface area contributed by atoms with Crippen LogP contribution in [-0.4, -0.2) is 30.2 Å². The third-order valence-electron chi connectivity index (χ3n) is 7.77. The predicted octanol–water partition coefficient (Wildman–Crippen LogP) is 3.18. The van der Waals surface area contributed by atoms with Crippen molar-refractivity contribution in [3.8, 4) is 5.75 Å². The number of fused-ring (bicyclic) bond motifs is 5. The number of carbonyl (C=O) groups is 4. The smallest absolute Gasteiger partial charge is 0.316 e. The second-order valence-electron chi connectivity index (χ2n) is 9.55. The van der Waals surface area contributed by atoms with E-state index in [4.69, 9.17) is 4.74 Å². The van der Waals surface area contributed by atoms with Crippen LogP contribution in [0.3, 0.4) is 0 Å². The summed E-state index contributed by atoms with van der Waals surface area (Å²) in [6.07, 6.45) is 3.19. The lowest BCUT2D eigenvalue weighted by Crippen LogP contribution is -2.32. The Kier molecular flexibility index (Phi) is 4.60. The Labute approximate surface area is 191 Å². The van der Waals surface area contributed by atoms with Gasteiger partial charge in [-0.1, -0.05) is 18.2 Å². The Morgan fingerprint density at radius 1 is 0.818 bits per heavy atom. The Balaban J connectivity index is 1.13. The third kappa shape index (κ3) is 3.17. The second-order valence-corrected chi connectivity index (χ2v) is 9.55. The SMILES string of the molecule is O=C(Oc1ccc(N2C(=O)[C@@H]3[C@@H]4CC[C@@H](C4)[C@@H]3C2=O)cc1)[C@@H]1CC(=O)N(c2ccccc2)C1. The topological polar surface area (TPSA) is 84.0 Å². The largest absolute Gasteiger partial charge is 0.426 e. The van der Waals surface area contributed by atoms with Gasteiger partial charge in [-0.3, -0.25) is 24.1 Å². The van der Waals surface area contributed by atoms with E-state index in [0.717, 1.165) is 24.9 Å². The Hall–Kier alpha value is -3.48. The highest BCUT2D eigenvalue weighted by Crippen LogP contribution is 2.56. The van der Waals surface area contributed by atoms with Crippen LogP contribution in [0.1, 0.15) is 25.7 Å². The molecule has 2 bridgehead atoms. The number of rotatable bonds is 4. The fraction of sp³-hybridized carbons (Fsp3) is 0.385. The summed E-state index contributed by atoms with van der Waals surface area (Å²) in [5, 5.41) is 0. The van der Waals surface area contributed by atoms with E-state index in [9.17, 15) is 19.2 Å². The zero-order valence-electron chi connectivity index (χ0n) is 18.1. The van der Waals surface area contributed by atoms with Crippen molar-refractivity contribution in [2.45, 2.75) is 25.7 Å². The maximum absolute atomic E-state index is 13.0. The molecule has 2 aliphatic heterocycles. The molecule has 2 aliphatic carbocycles. The predicted molar refractivity (Wildman–Crippen MR) is 119 cm³/mol. The first-order valence-corrected chi connectivity index (χ1v) is 11.6. The molecule has 4 aliphatic rings. The van der Waals surface area contributed by atoms with E-state index in [1.165, 1.54) is 4.90 Å². The van der Waals surface area contributed by atoms with Crippen molar-refractivity contribution in [2.24, 2.45) is 29.6 Å². The summed E-state index contributed by atoms with van der Waals surface area (Å²) in [6, 6.07) is 15.8. The number of amides is 3. The molecule has 0 spiro atoms. The van der Waals surface area contributed by atoms with Crippen LogP contribution in [0, 0.1) is 29.6 Å². The van der Waals surface area contributed by atoms with Crippen molar-refractivity contribution < 1.29 is 23.9 Å². The fourth-order valence-corrected chi connectivity index (χ4v) is 6.25. The van der Waals surface area contributed by atoms with Crippen molar-refractivity contribution in [1.29, 1.82) is 0 Å². The van der Waals surface area contributed by atoms with Gasteiger partial charge in [-0.05, 0) is 67.5 Å². The van der Waals surface area contributed by atoms with Crippen LogP contribution >= 0.6 is 0 Å². The first-order chi connectivity index (χ1) is 16.0. The molecule has 0 unspecified atom stereocenters. The van der Waals surface area contributed by atoms with Gasteiger partial charge >= 0.3 is 5.97 Å². The molecule has 6 rings (SSSR count). The van der Waals surface area contributed by atoms with Gasteiger partial charge in [0.1, 0.15) is 5.75 Å². The summed E-state index contributed by atoms with van der Waals surface area (Å²) >= 11 is 0. The van der Waals surface area contributed by atoms with Gasteiger partial charge in [-0.2, -0.15) is 0 Å². The molecule has 2 saturated carbocycles. The molecule has 4 fully saturated rings. The molecule has 0 radical (unpaired) electrons. The minimum absolute atomic E-state index is 0.0904. The summed E-state index contributed by atoms with van der Waals surface area (Å²) in [4.78, 5) is 53.9. The summed E-state index contributed by atoms with van der Waals surface area (Å²) < 4.78 is 5.51. The van der Waals surface area contributed by atoms with Crippen LogP contribution in [0.4, 0.5) is 11.4 Å². The van der Waals surface area contributed by atoms with Gasteiger partial charge in [-0.15, -0.1) is 0 Å². The second kappa shape index (κ2) is 7.54. The van der Waals surface area contributed by atoms with Gasteiger partial charge in [0.05, 0.1) is 23.4 Å². The summed E-state index contributed by atoms with van der Waals surface area (Å²) in [6.45, 7) is 0.279. The third-order valence-corrected chi connectivity index (χ3v) is 7.77. The zero-order valence-corrected chi connectivity index (χ0v) is 18.1. The monoisotopic (exact) mass is 444 g/mol. The number of nitrogens with zero attached hydrogens (tertiary/aromatic N) is 2. The molecule has 0 aromatic heterocycles. The van der Waals surface area contributed by atoms with Crippen molar-refractivity contribution >= 4 is 35.1 Å². The van der Waals surface area contributed by atoms with E-state index in [1.807, 2.05) is 30.3 Å². The minimum Gasteiger partial charge on any atom is -0.426 e. The number of ether oxygens (including phenoxy) is 1. The average molecular weight is 444 g/mol. The number of para-hydroxylation sites is 1. The molecule has 2 aromatic carbocycles. The molecule has 2 heterocycles. The van der Waals surface area contributed by atoms with Crippen LogP contribution in [0.5, 0.6) is 5.75 Å². The zero-order chi connectivity index (χ0) is 22.7. The van der Waals surface area contributed by atoms with Crippen molar-refractivity contribution in [2.75, 3.05) is 16.3 Å². The van der Waals surface area contributed by atoms with E-state index in [1.54, 1.807) is 29.2 Å². The fourth-order valence-electron chi connectivity index (χ4n) is 6.25. The average Bonchev–Trinajstić information content (AvgIpc) is 3.59. The summed E-state index contributed by atoms with van der Waals surface area (Å²) in [5.74, 6) is -0.625. The summed E-state index contributed by atoms with van der Waals surface area (Å²) in [5.41, 5.74) is 1.28. The highest BCUT2D eigenvalue weighted by Gasteiger charge is 2.61. The maximum atomic E-state index is 13.0. The minimum atomic E-state index is -0.547. The number of benzene rings is 2. The number of anilines is 2. The van der Waals surface area contributed by atoms with Crippen molar-refractivity contribution in [1.82, 2.24) is 0 Å². The summed E-state index contributed by atoms with van der Waals surface area (Å²) in [7, 11) is 0. The van der Waals surface area contributed by atoms with Crippen LogP contribution in [0.25, 0.3) is 0 Å². The van der Waals surface area contributed by atoms with E-state index < -0.39 is 11.9 Å². The van der Waals surface area contributed by atoms with Gasteiger partial charge in [0.2, 0.25) is 17.7 Å². The lowest BCUT2D eigenvalue weighted by Gasteiger charge is -2.19. The van der Waals surface area contributed by atoms with E-state index in [0.29, 0.717) is 23.3 Å². The Morgan fingerprint density at radius 2 is 1.45 bits per heavy atom. The Bertz CT molecular complexity index is 1120. The van der Waals surface area contributed by atoms with Crippen molar-refractivity contribution in [3.05, 3.63) is 54.6 Å². The molecule has 33 heavy (non-hydrogen) atoms. The number of carbonyl (C=O) groups excluding carboxylic acids is 4. The Morgan fingerprint density at radius 3 is 2.09 bits per heavy atom. The maximum Gasteiger partial charge on any atom is 0.316 e. The van der Waals surface area contributed by atoms with Gasteiger partial charge in [0.15, 0.2) is 0 Å². The van der Waals surface area contributed by atoms with Gasteiger partial charge in [0, 0.05) is 18.7 Å². The van der Waals surface area contributed by atoms with E-state index >= 15 is 0 Å². The lowest BCUT2D eigenvalue weighted by molar-refractivity contribution is -0.139. The molecular formula is C26H24N2O5. The first kappa shape index (κ1) is 20.1. The van der Waals surface area contributed by atoms with Crippen LogP contribution in [-0.2, 0) is 19.2 Å². The van der Waals surface area contributed by atoms with E-state index in [-0.39, 0.29) is 42.5 Å². The van der Waals surface area contributed by atoms with Crippen molar-refractivity contribution in [3.63, 3.8) is 0 Å². The molecule has 5 atom stereocenters. The normalized spacial score (nSPS) is 30.3. The number of imide groups is 1. The lowest BCUT2D eigenvalue weighted by atomic mass is 9.81. The molecule has 0 N–H and O–H groups in total. The van der Waals surface area contributed by atoms with Gasteiger partial charge in [0.25, 0.3) is 0 Å². The van der Waals surface area contributed by atoms with Crippen LogP contribution < -0.4 is 14.5 Å². The molecule has 2 saturated heterocycles. The number of hydrogen-bond donors (Lipinski definition) is 0. The quantitative estimate of drug-likeness (QED) is 0.411. The highest BCUT2D eigenvalue weighted by atomic mass is 16.5. The molecule has 2 aromatic rings. The first-order valence-electron chi connectivity index (χ1n) is 11.6. The molecular weight excluding hydrogens is 420 g/mol. The van der Waals surface area contributed by atoms with Gasteiger partial charge < -0.3 is 9.64 Å². The molecule has 7 nitrogen and oxygen atoms in total. The standard InChI is InChI=1S/C26H24N2O5/c29-21-13-17(14-27(21)18-4-2-1-3-5-18)26(32)33-20-10-8-19(9-11-20)28-24(30)22-15-6-7-16(12-15)23(22)25(28)31/h1-5,8-11,15-17,22-23H,6-7,12-14H2/t15-,16+,17-,22-,23+/m1/s1. The number of esters is 1. The molecule has 7 heteroatoms. The molecule has 168 valence electrons. The van der Waals surface area contributed by atoms with Crippen LogP contribution in [0.15, 0.2) is 54.6 Å². The molecule has 3 amide bonds. The van der Waals surface area contributed by atoms with Crippen LogP contribution in [0.2, 0.25) is 0 Å². The van der Waals surface area contributed by atoms with Gasteiger partial charge in [-0.25, -0.2) is 0 Å². The number of hydrogen-bond acceptors (Lipinski definition) is 5.